The Bertz CT molecular complexity index is 906. The molecule has 3 rings (SSSR count). The molecule has 0 atom stereocenters. The minimum absolute atomic E-state index is 0.0794. The molecule has 3 aromatic rings. The number of halogens is 1. The average molecular weight is 385 g/mol. The predicted octanol–water partition coefficient (Wildman–Crippen LogP) is 5.21. The van der Waals surface area contributed by atoms with E-state index in [-0.39, 0.29) is 12.5 Å². The van der Waals surface area contributed by atoms with Crippen molar-refractivity contribution in [3.05, 3.63) is 77.2 Å². The van der Waals surface area contributed by atoms with Gasteiger partial charge in [0.15, 0.2) is 11.7 Å². The van der Waals surface area contributed by atoms with Crippen molar-refractivity contribution in [1.29, 1.82) is 0 Å². The standard InChI is InChI=1S/C20H17ClN2O2S/c1-2-5-15-6-3-4-7-18(15)25-12-19(24)23-20-22-17(13-26-20)14-8-10-16(21)11-9-14/h2-4,6-11,13H,1,5,12H2,(H,22,23,24). The van der Waals surface area contributed by atoms with E-state index in [1.807, 2.05) is 53.9 Å². The van der Waals surface area contributed by atoms with Crippen LogP contribution in [0, 0.1) is 0 Å². The van der Waals surface area contributed by atoms with Crippen molar-refractivity contribution in [2.24, 2.45) is 0 Å². The maximum absolute atomic E-state index is 12.1. The summed E-state index contributed by atoms with van der Waals surface area (Å²) in [4.78, 5) is 16.6. The second kappa shape index (κ2) is 8.65. The van der Waals surface area contributed by atoms with Crippen molar-refractivity contribution in [3.8, 4) is 17.0 Å². The smallest absolute Gasteiger partial charge is 0.264 e. The molecule has 0 fully saturated rings. The first kappa shape index (κ1) is 18.2. The monoisotopic (exact) mass is 384 g/mol. The number of aromatic nitrogens is 1. The highest BCUT2D eigenvalue weighted by Crippen LogP contribution is 2.26. The lowest BCUT2D eigenvalue weighted by molar-refractivity contribution is -0.118. The number of rotatable bonds is 7. The molecule has 2 aromatic carbocycles. The van der Waals surface area contributed by atoms with Gasteiger partial charge in [0.2, 0.25) is 0 Å². The fraction of sp³-hybridized carbons (Fsp3) is 0.100. The molecule has 6 heteroatoms. The van der Waals surface area contributed by atoms with Gasteiger partial charge in [-0.2, -0.15) is 0 Å². The fourth-order valence-electron chi connectivity index (χ4n) is 2.35. The van der Waals surface area contributed by atoms with Crippen molar-refractivity contribution < 1.29 is 9.53 Å². The summed E-state index contributed by atoms with van der Waals surface area (Å²) in [6, 6.07) is 15.0. The van der Waals surface area contributed by atoms with Gasteiger partial charge in [0.1, 0.15) is 5.75 Å². The van der Waals surface area contributed by atoms with Gasteiger partial charge in [-0.3, -0.25) is 10.1 Å². The molecule has 0 radical (unpaired) electrons. The van der Waals surface area contributed by atoms with Crippen LogP contribution in [0.4, 0.5) is 5.13 Å². The van der Waals surface area contributed by atoms with Crippen LogP contribution in [-0.4, -0.2) is 17.5 Å². The Morgan fingerprint density at radius 2 is 2.00 bits per heavy atom. The maximum atomic E-state index is 12.1. The number of carbonyl (C=O) groups is 1. The number of amides is 1. The van der Waals surface area contributed by atoms with E-state index in [0.717, 1.165) is 16.8 Å². The lowest BCUT2D eigenvalue weighted by Gasteiger charge is -2.09. The molecule has 0 spiro atoms. The third-order valence-electron chi connectivity index (χ3n) is 3.59. The van der Waals surface area contributed by atoms with Crippen LogP contribution >= 0.6 is 22.9 Å². The lowest BCUT2D eigenvalue weighted by atomic mass is 10.1. The number of anilines is 1. The average Bonchev–Trinajstić information content (AvgIpc) is 3.10. The molecule has 1 N–H and O–H groups in total. The quantitative estimate of drug-likeness (QED) is 0.569. The van der Waals surface area contributed by atoms with Gasteiger partial charge < -0.3 is 4.74 Å². The van der Waals surface area contributed by atoms with Gasteiger partial charge in [-0.15, -0.1) is 17.9 Å². The second-order valence-electron chi connectivity index (χ2n) is 5.48. The normalized spacial score (nSPS) is 10.3. The van der Waals surface area contributed by atoms with Crippen molar-refractivity contribution >= 4 is 34.0 Å². The summed E-state index contributed by atoms with van der Waals surface area (Å²) in [5.74, 6) is 0.430. The summed E-state index contributed by atoms with van der Waals surface area (Å²) in [6.45, 7) is 3.65. The summed E-state index contributed by atoms with van der Waals surface area (Å²) in [5.41, 5.74) is 2.73. The van der Waals surface area contributed by atoms with Crippen LogP contribution in [0.1, 0.15) is 5.56 Å². The van der Waals surface area contributed by atoms with E-state index < -0.39 is 0 Å². The minimum Gasteiger partial charge on any atom is -0.483 e. The number of nitrogens with zero attached hydrogens (tertiary/aromatic N) is 1. The zero-order valence-electron chi connectivity index (χ0n) is 13.9. The van der Waals surface area contributed by atoms with Crippen LogP contribution < -0.4 is 10.1 Å². The number of hydrogen-bond acceptors (Lipinski definition) is 4. The number of carbonyl (C=O) groups excluding carboxylic acids is 1. The summed E-state index contributed by atoms with van der Waals surface area (Å²) in [6.07, 6.45) is 2.49. The van der Waals surface area contributed by atoms with Crippen LogP contribution in [0.25, 0.3) is 11.3 Å². The van der Waals surface area contributed by atoms with E-state index in [0.29, 0.717) is 22.3 Å². The molecule has 0 saturated carbocycles. The van der Waals surface area contributed by atoms with Crippen LogP contribution in [0.15, 0.2) is 66.6 Å². The fourth-order valence-corrected chi connectivity index (χ4v) is 3.21. The van der Waals surface area contributed by atoms with Crippen LogP contribution in [0.5, 0.6) is 5.75 Å². The first-order valence-corrected chi connectivity index (χ1v) is 9.24. The Morgan fingerprint density at radius 1 is 1.23 bits per heavy atom. The SMILES string of the molecule is C=CCc1ccccc1OCC(=O)Nc1nc(-c2ccc(Cl)cc2)cs1. The molecule has 4 nitrogen and oxygen atoms in total. The minimum atomic E-state index is -0.254. The molecular weight excluding hydrogens is 368 g/mol. The Morgan fingerprint density at radius 3 is 2.77 bits per heavy atom. The molecule has 0 saturated heterocycles. The molecule has 1 aromatic heterocycles. The van der Waals surface area contributed by atoms with Crippen LogP contribution in [0.2, 0.25) is 5.02 Å². The van der Waals surface area contributed by atoms with Gasteiger partial charge in [-0.1, -0.05) is 48.0 Å². The molecule has 26 heavy (non-hydrogen) atoms. The predicted molar refractivity (Wildman–Crippen MR) is 107 cm³/mol. The van der Waals surface area contributed by atoms with Gasteiger partial charge in [0, 0.05) is 16.0 Å². The topological polar surface area (TPSA) is 51.2 Å². The van der Waals surface area contributed by atoms with Gasteiger partial charge in [-0.05, 0) is 30.2 Å². The molecule has 1 amide bonds. The summed E-state index contributed by atoms with van der Waals surface area (Å²) in [7, 11) is 0. The molecule has 132 valence electrons. The molecule has 0 bridgehead atoms. The van der Waals surface area contributed by atoms with Gasteiger partial charge >= 0.3 is 0 Å². The first-order chi connectivity index (χ1) is 12.7. The number of allylic oxidation sites excluding steroid dienone is 1. The summed E-state index contributed by atoms with van der Waals surface area (Å²) < 4.78 is 5.63. The summed E-state index contributed by atoms with van der Waals surface area (Å²) in [5, 5.41) is 5.85. The molecule has 0 unspecified atom stereocenters. The van der Waals surface area contributed by atoms with E-state index >= 15 is 0 Å². The van der Waals surface area contributed by atoms with Gasteiger partial charge in [0.05, 0.1) is 5.69 Å². The third kappa shape index (κ3) is 4.71. The zero-order chi connectivity index (χ0) is 18.4. The molecule has 0 aliphatic heterocycles. The number of hydrogen-bond donors (Lipinski definition) is 1. The zero-order valence-corrected chi connectivity index (χ0v) is 15.5. The van der Waals surface area contributed by atoms with Crippen LogP contribution in [0.3, 0.4) is 0 Å². The first-order valence-electron chi connectivity index (χ1n) is 7.98. The Hall–Kier alpha value is -2.63. The molecular formula is C20H17ClN2O2S. The Kier molecular flexibility index (Phi) is 6.04. The summed E-state index contributed by atoms with van der Waals surface area (Å²) >= 11 is 7.26. The van der Waals surface area contributed by atoms with E-state index in [2.05, 4.69) is 16.9 Å². The largest absolute Gasteiger partial charge is 0.483 e. The third-order valence-corrected chi connectivity index (χ3v) is 4.60. The number of thiazole rings is 1. The number of para-hydroxylation sites is 1. The number of benzene rings is 2. The van der Waals surface area contributed by atoms with E-state index in [1.54, 1.807) is 6.08 Å². The van der Waals surface area contributed by atoms with E-state index in [4.69, 9.17) is 16.3 Å². The maximum Gasteiger partial charge on any atom is 0.264 e. The van der Waals surface area contributed by atoms with Gasteiger partial charge in [0.25, 0.3) is 5.91 Å². The highest BCUT2D eigenvalue weighted by atomic mass is 35.5. The Balaban J connectivity index is 1.59. The van der Waals surface area contributed by atoms with Crippen molar-refractivity contribution in [2.45, 2.75) is 6.42 Å². The van der Waals surface area contributed by atoms with E-state index in [9.17, 15) is 4.79 Å². The highest BCUT2D eigenvalue weighted by Gasteiger charge is 2.10. The number of ether oxygens (including phenoxy) is 1. The molecule has 0 aliphatic rings. The van der Waals surface area contributed by atoms with Crippen molar-refractivity contribution in [2.75, 3.05) is 11.9 Å². The lowest BCUT2D eigenvalue weighted by Crippen LogP contribution is -2.20. The van der Waals surface area contributed by atoms with Gasteiger partial charge in [-0.25, -0.2) is 4.98 Å². The van der Waals surface area contributed by atoms with E-state index in [1.165, 1.54) is 11.3 Å². The number of nitrogens with one attached hydrogen (secondary N) is 1. The molecule has 1 heterocycles. The Labute approximate surface area is 161 Å². The van der Waals surface area contributed by atoms with Crippen LogP contribution in [-0.2, 0) is 11.2 Å². The highest BCUT2D eigenvalue weighted by molar-refractivity contribution is 7.14. The molecule has 0 aliphatic carbocycles. The van der Waals surface area contributed by atoms with Crippen molar-refractivity contribution in [1.82, 2.24) is 4.98 Å². The second-order valence-corrected chi connectivity index (χ2v) is 6.78. The van der Waals surface area contributed by atoms with Crippen molar-refractivity contribution in [3.63, 3.8) is 0 Å².